The van der Waals surface area contributed by atoms with E-state index in [4.69, 9.17) is 23.2 Å². The second kappa shape index (κ2) is 17.3. The summed E-state index contributed by atoms with van der Waals surface area (Å²) in [6.07, 6.45) is 1.03. The minimum Gasteiger partial charge on any atom is -0.309 e. The zero-order valence-electron chi connectivity index (χ0n) is 25.9. The Morgan fingerprint density at radius 3 is 1.63 bits per heavy atom. The molecule has 1 nitrogen and oxygen atoms in total. The van der Waals surface area contributed by atoms with E-state index in [1.54, 1.807) is 11.3 Å². The molecule has 49 heavy (non-hydrogen) atoms. The molecule has 0 spiro atoms. The third-order valence-corrected chi connectivity index (χ3v) is 11.2. The van der Waals surface area contributed by atoms with E-state index < -0.39 is 0 Å². The van der Waals surface area contributed by atoms with Crippen molar-refractivity contribution in [1.82, 2.24) is 0 Å². The molecular weight excluding hydrogens is 881 g/mol. The lowest BCUT2D eigenvalue weighted by Crippen LogP contribution is -2.09. The van der Waals surface area contributed by atoms with Crippen molar-refractivity contribution < 1.29 is 0 Å². The van der Waals surface area contributed by atoms with Crippen molar-refractivity contribution >= 4 is 131 Å². The van der Waals surface area contributed by atoms with Crippen LogP contribution in [0.3, 0.4) is 0 Å². The Labute approximate surface area is 330 Å². The summed E-state index contributed by atoms with van der Waals surface area (Å²) in [6, 6.07) is 49.7. The largest absolute Gasteiger partial charge is 0.309 e. The van der Waals surface area contributed by atoms with Crippen LogP contribution in [-0.4, -0.2) is 0 Å². The number of anilines is 3. The van der Waals surface area contributed by atoms with Gasteiger partial charge in [0, 0.05) is 55.0 Å². The first-order chi connectivity index (χ1) is 23.8. The minimum atomic E-state index is 0.708. The van der Waals surface area contributed by atoms with E-state index in [2.05, 4.69) is 173 Å². The zero-order valence-corrected chi connectivity index (χ0v) is 33.8. The van der Waals surface area contributed by atoms with Crippen LogP contribution in [0.15, 0.2) is 170 Å². The van der Waals surface area contributed by atoms with E-state index in [1.165, 1.54) is 31.3 Å². The fraction of sp³-hybridized carbons (Fsp3) is 0.0244. The van der Waals surface area contributed by atoms with Gasteiger partial charge in [0.05, 0.1) is 5.69 Å². The minimum absolute atomic E-state index is 0.708. The van der Waals surface area contributed by atoms with Crippen molar-refractivity contribution in [3.63, 3.8) is 0 Å². The van der Waals surface area contributed by atoms with Gasteiger partial charge in [-0.3, -0.25) is 0 Å². The van der Waals surface area contributed by atoms with Gasteiger partial charge in [-0.05, 0) is 89.0 Å². The first kappa shape index (κ1) is 35.9. The van der Waals surface area contributed by atoms with E-state index in [-0.39, 0.29) is 0 Å². The molecule has 0 aliphatic heterocycles. The summed E-state index contributed by atoms with van der Waals surface area (Å²) in [6.45, 7) is 0. The van der Waals surface area contributed by atoms with Gasteiger partial charge >= 0.3 is 0 Å². The number of para-hydroxylation sites is 1. The zero-order chi connectivity index (χ0) is 34.2. The Morgan fingerprint density at radius 2 is 1.00 bits per heavy atom. The summed E-state index contributed by atoms with van der Waals surface area (Å²) < 4.78 is 5.59. The van der Waals surface area contributed by atoms with Crippen LogP contribution >= 0.6 is 93.7 Å². The fourth-order valence-corrected chi connectivity index (χ4v) is 9.84. The molecule has 0 atom stereocenters. The number of hydrogen-bond donors (Lipinski definition) is 0. The maximum Gasteiger partial charge on any atom is 0.0647 e. The average Bonchev–Trinajstić information content (AvgIpc) is 3.70. The Bertz CT molecular complexity index is 2220. The fourth-order valence-electron chi connectivity index (χ4n) is 5.32. The first-order valence-corrected chi connectivity index (χ1v) is 20.1. The van der Waals surface area contributed by atoms with Crippen molar-refractivity contribution in [2.45, 2.75) is 6.42 Å². The lowest BCUT2D eigenvalue weighted by Gasteiger charge is -2.25. The first-order valence-electron chi connectivity index (χ1n) is 15.2. The molecule has 0 unspecified atom stereocenters. The molecule has 0 aliphatic rings. The predicted octanol–water partition coefficient (Wildman–Crippen LogP) is 16.1. The number of hydrogen-bond acceptors (Lipinski definition) is 3. The smallest absolute Gasteiger partial charge is 0.0647 e. The van der Waals surface area contributed by atoms with Crippen molar-refractivity contribution in [1.29, 1.82) is 0 Å². The van der Waals surface area contributed by atoms with Gasteiger partial charge in [0.1, 0.15) is 0 Å². The molecule has 8 rings (SSSR count). The maximum atomic E-state index is 6.31. The van der Waals surface area contributed by atoms with Gasteiger partial charge in [-0.1, -0.05) is 156 Å². The Hall–Kier alpha value is -2.94. The molecular formula is C41H28Br3Cl2NS2. The number of halogens is 5. The number of rotatable bonds is 5. The molecule has 0 saturated heterocycles. The SMILES string of the molecule is Clc1cc(Br)cc(Br)c1.Clc1cc(Br)cc(N(c2ccccc2)c2csc3ccccc23)c1.c1ccc(Cc2csc3ccccc23)cc1. The molecule has 6 aromatic carbocycles. The number of nitrogens with zero attached hydrogens (tertiary/aromatic N) is 1. The number of fused-ring (bicyclic) bond motifs is 2. The van der Waals surface area contributed by atoms with E-state index in [0.717, 1.165) is 41.9 Å². The van der Waals surface area contributed by atoms with E-state index in [1.807, 2.05) is 47.7 Å². The lowest BCUT2D eigenvalue weighted by molar-refractivity contribution is 1.23. The van der Waals surface area contributed by atoms with Gasteiger partial charge in [-0.15, -0.1) is 22.7 Å². The highest BCUT2D eigenvalue weighted by atomic mass is 79.9. The third kappa shape index (κ3) is 9.65. The van der Waals surface area contributed by atoms with Crippen LogP contribution in [0.5, 0.6) is 0 Å². The van der Waals surface area contributed by atoms with Crippen LogP contribution in [0.4, 0.5) is 17.1 Å². The molecule has 0 fully saturated rings. The summed E-state index contributed by atoms with van der Waals surface area (Å²) in [4.78, 5) is 2.25. The van der Waals surface area contributed by atoms with Gasteiger partial charge in [-0.2, -0.15) is 0 Å². The van der Waals surface area contributed by atoms with Crippen molar-refractivity contribution in [2.24, 2.45) is 0 Å². The van der Waals surface area contributed by atoms with Crippen molar-refractivity contribution in [3.8, 4) is 0 Å². The second-order valence-electron chi connectivity index (χ2n) is 10.9. The summed E-state index contributed by atoms with van der Waals surface area (Å²) >= 11 is 25.7. The molecule has 0 amide bonds. The molecule has 2 heterocycles. The van der Waals surface area contributed by atoms with Gasteiger partial charge in [0.15, 0.2) is 0 Å². The van der Waals surface area contributed by atoms with Gasteiger partial charge < -0.3 is 4.90 Å². The topological polar surface area (TPSA) is 3.24 Å². The van der Waals surface area contributed by atoms with E-state index in [0.29, 0.717) is 5.02 Å². The van der Waals surface area contributed by atoms with Crippen LogP contribution in [0, 0.1) is 0 Å². The molecule has 244 valence electrons. The lowest BCUT2D eigenvalue weighted by atomic mass is 10.0. The Kier molecular flexibility index (Phi) is 12.7. The monoisotopic (exact) mass is 905 g/mol. The highest BCUT2D eigenvalue weighted by Gasteiger charge is 2.17. The standard InChI is InChI=1S/C20H13BrClNS.C15H12S.C6H3Br2Cl/c21-14-10-15(22)12-17(11-14)23(16-6-2-1-3-7-16)19-13-24-20-9-5-4-8-18(19)20;1-2-6-12(7-3-1)10-13-11-16-15-9-5-4-8-14(13)15;7-4-1-5(8)3-6(9)2-4/h1-13H;1-9,11H,10H2;1-3H. The molecule has 8 heteroatoms. The Morgan fingerprint density at radius 1 is 0.490 bits per heavy atom. The second-order valence-corrected chi connectivity index (χ2v) is 16.4. The van der Waals surface area contributed by atoms with Crippen LogP contribution in [0.25, 0.3) is 20.2 Å². The number of benzene rings is 6. The summed E-state index contributed by atoms with van der Waals surface area (Å²) in [5.74, 6) is 0. The molecule has 0 radical (unpaired) electrons. The summed E-state index contributed by atoms with van der Waals surface area (Å²) in [7, 11) is 0. The van der Waals surface area contributed by atoms with E-state index >= 15 is 0 Å². The normalized spacial score (nSPS) is 10.6. The number of thiophene rings is 2. The van der Waals surface area contributed by atoms with Crippen LogP contribution < -0.4 is 4.90 Å². The summed E-state index contributed by atoms with van der Waals surface area (Å²) in [5, 5.41) is 8.55. The molecule has 0 N–H and O–H groups in total. The quantitative estimate of drug-likeness (QED) is 0.166. The van der Waals surface area contributed by atoms with E-state index in [9.17, 15) is 0 Å². The Balaban J connectivity index is 0.000000143. The maximum absolute atomic E-state index is 6.31. The molecule has 2 aromatic heterocycles. The highest BCUT2D eigenvalue weighted by molar-refractivity contribution is 9.11. The van der Waals surface area contributed by atoms with Crippen LogP contribution in [0.2, 0.25) is 10.0 Å². The molecule has 0 aliphatic carbocycles. The van der Waals surface area contributed by atoms with Crippen molar-refractivity contribution in [3.05, 3.63) is 191 Å². The summed E-state index contributed by atoms with van der Waals surface area (Å²) in [5.41, 5.74) is 6.12. The molecule has 0 saturated carbocycles. The van der Waals surface area contributed by atoms with Gasteiger partial charge in [-0.25, -0.2) is 0 Å². The average molecular weight is 909 g/mol. The molecule has 8 aromatic rings. The van der Waals surface area contributed by atoms with Crippen molar-refractivity contribution in [2.75, 3.05) is 4.90 Å². The highest BCUT2D eigenvalue weighted by Crippen LogP contribution is 2.43. The molecule has 0 bridgehead atoms. The predicted molar refractivity (Wildman–Crippen MR) is 227 cm³/mol. The third-order valence-electron chi connectivity index (χ3n) is 7.45. The van der Waals surface area contributed by atoms with Gasteiger partial charge in [0.25, 0.3) is 0 Å². The van der Waals surface area contributed by atoms with Crippen LogP contribution in [0.1, 0.15) is 11.1 Å². The van der Waals surface area contributed by atoms with Gasteiger partial charge in [0.2, 0.25) is 0 Å². The van der Waals surface area contributed by atoms with Crippen LogP contribution in [-0.2, 0) is 6.42 Å².